The van der Waals surface area contributed by atoms with Gasteiger partial charge in [0.1, 0.15) is 5.69 Å². The number of amides is 1. The smallest absolute Gasteiger partial charge is 0.270 e. The van der Waals surface area contributed by atoms with Crippen LogP contribution in [0.5, 0.6) is 0 Å². The molecule has 0 bridgehead atoms. The summed E-state index contributed by atoms with van der Waals surface area (Å²) < 4.78 is 1.91. The van der Waals surface area contributed by atoms with Crippen molar-refractivity contribution in [2.24, 2.45) is 18.9 Å². The molecule has 1 aromatic carbocycles. The Morgan fingerprint density at radius 3 is 2.42 bits per heavy atom. The molecule has 3 atom stereocenters. The van der Waals surface area contributed by atoms with Gasteiger partial charge in [-0.3, -0.25) is 9.69 Å². The van der Waals surface area contributed by atoms with Gasteiger partial charge >= 0.3 is 0 Å². The Hall–Kier alpha value is -1.78. The lowest BCUT2D eigenvalue weighted by Crippen LogP contribution is -2.34. The molecule has 2 fully saturated rings. The molecule has 0 aliphatic carbocycles. The van der Waals surface area contributed by atoms with Crippen LogP contribution in [0, 0.1) is 11.8 Å². The first-order valence-electron chi connectivity index (χ1n) is 8.31. The highest BCUT2D eigenvalue weighted by Crippen LogP contribution is 2.44. The molecule has 2 aliphatic rings. The topological polar surface area (TPSA) is 28.5 Å². The summed E-state index contributed by atoms with van der Waals surface area (Å²) in [5.74, 6) is 1.28. The van der Waals surface area contributed by atoms with Crippen molar-refractivity contribution in [2.75, 3.05) is 26.7 Å². The highest BCUT2D eigenvalue weighted by molar-refractivity contribution is 5.93. The van der Waals surface area contributed by atoms with Gasteiger partial charge in [0, 0.05) is 44.8 Å². The van der Waals surface area contributed by atoms with Crippen molar-refractivity contribution >= 4 is 18.3 Å². The molecular formula is C19H24ClN3O. The first kappa shape index (κ1) is 17.1. The minimum atomic E-state index is 0. The van der Waals surface area contributed by atoms with E-state index >= 15 is 0 Å². The van der Waals surface area contributed by atoms with Crippen LogP contribution in [-0.4, -0.2) is 47.0 Å². The van der Waals surface area contributed by atoms with Crippen LogP contribution < -0.4 is 0 Å². The van der Waals surface area contributed by atoms with Gasteiger partial charge in [-0.15, -0.1) is 12.4 Å². The maximum atomic E-state index is 12.8. The Morgan fingerprint density at radius 1 is 1.00 bits per heavy atom. The van der Waals surface area contributed by atoms with E-state index in [9.17, 15) is 4.79 Å². The SMILES string of the molecule is CN1C[C@H]2CN(C(=O)c3cccn3C)C[C@H]2[C@@H]1c1ccccc1.Cl. The second-order valence-electron chi connectivity index (χ2n) is 6.93. The molecule has 24 heavy (non-hydrogen) atoms. The quantitative estimate of drug-likeness (QED) is 0.837. The highest BCUT2D eigenvalue weighted by atomic mass is 35.5. The molecule has 2 aliphatic heterocycles. The third kappa shape index (κ3) is 2.74. The molecule has 0 N–H and O–H groups in total. The minimum absolute atomic E-state index is 0. The van der Waals surface area contributed by atoms with E-state index in [0.717, 1.165) is 25.3 Å². The number of aryl methyl sites for hydroxylation is 1. The number of carbonyl (C=O) groups is 1. The first-order chi connectivity index (χ1) is 11.1. The standard InChI is InChI=1S/C19H23N3O.ClH/c1-20-10-6-9-17(20)19(23)22-12-15-11-21(2)18(16(15)13-22)14-7-4-3-5-8-14;/h3-10,15-16,18H,11-13H2,1-2H3;1H/t15-,16+,18-;/m0./s1. The number of hydrogen-bond acceptors (Lipinski definition) is 2. The Kier molecular flexibility index (Phi) is 4.70. The number of benzene rings is 1. The van der Waals surface area contributed by atoms with E-state index in [1.807, 2.05) is 34.8 Å². The molecule has 1 amide bonds. The summed E-state index contributed by atoms with van der Waals surface area (Å²) in [7, 11) is 4.14. The van der Waals surface area contributed by atoms with Crippen LogP contribution in [0.3, 0.4) is 0 Å². The first-order valence-corrected chi connectivity index (χ1v) is 8.31. The zero-order chi connectivity index (χ0) is 16.0. The average Bonchev–Trinajstić information content (AvgIpc) is 3.21. The third-order valence-corrected chi connectivity index (χ3v) is 5.49. The molecule has 0 radical (unpaired) electrons. The van der Waals surface area contributed by atoms with Gasteiger partial charge in [-0.1, -0.05) is 30.3 Å². The second kappa shape index (κ2) is 6.61. The molecule has 3 heterocycles. The maximum Gasteiger partial charge on any atom is 0.270 e. The Labute approximate surface area is 149 Å². The van der Waals surface area contributed by atoms with Gasteiger partial charge < -0.3 is 9.47 Å². The predicted molar refractivity (Wildman–Crippen MR) is 97.4 cm³/mol. The van der Waals surface area contributed by atoms with E-state index in [0.29, 0.717) is 17.9 Å². The Balaban J connectivity index is 0.00000169. The third-order valence-electron chi connectivity index (χ3n) is 5.49. The molecule has 128 valence electrons. The number of fused-ring (bicyclic) bond motifs is 1. The fourth-order valence-electron chi connectivity index (χ4n) is 4.42. The van der Waals surface area contributed by atoms with E-state index in [4.69, 9.17) is 0 Å². The van der Waals surface area contributed by atoms with Crippen molar-refractivity contribution in [1.29, 1.82) is 0 Å². The van der Waals surface area contributed by atoms with Gasteiger partial charge in [-0.25, -0.2) is 0 Å². The van der Waals surface area contributed by atoms with Crippen LogP contribution in [-0.2, 0) is 7.05 Å². The van der Waals surface area contributed by atoms with E-state index in [2.05, 4.69) is 42.3 Å². The number of carbonyl (C=O) groups excluding carboxylic acids is 1. The lowest BCUT2D eigenvalue weighted by molar-refractivity contribution is 0.0758. The van der Waals surface area contributed by atoms with Crippen molar-refractivity contribution in [1.82, 2.24) is 14.4 Å². The summed E-state index contributed by atoms with van der Waals surface area (Å²) in [6, 6.07) is 15.0. The predicted octanol–water partition coefficient (Wildman–Crippen LogP) is 2.82. The number of rotatable bonds is 2. The fourth-order valence-corrected chi connectivity index (χ4v) is 4.42. The zero-order valence-corrected chi connectivity index (χ0v) is 14.9. The van der Waals surface area contributed by atoms with Gasteiger partial charge in [-0.05, 0) is 30.7 Å². The van der Waals surface area contributed by atoms with Crippen LogP contribution in [0.25, 0.3) is 0 Å². The molecular weight excluding hydrogens is 322 g/mol. The van der Waals surface area contributed by atoms with Crippen LogP contribution in [0.1, 0.15) is 22.1 Å². The zero-order valence-electron chi connectivity index (χ0n) is 14.1. The Morgan fingerprint density at radius 2 is 1.75 bits per heavy atom. The number of nitrogens with zero attached hydrogens (tertiary/aromatic N) is 3. The van der Waals surface area contributed by atoms with Crippen molar-refractivity contribution in [3.63, 3.8) is 0 Å². The van der Waals surface area contributed by atoms with E-state index in [1.54, 1.807) is 0 Å². The second-order valence-corrected chi connectivity index (χ2v) is 6.93. The Bertz CT molecular complexity index is 714. The molecule has 4 rings (SSSR count). The number of likely N-dealkylation sites (tertiary alicyclic amines) is 2. The van der Waals surface area contributed by atoms with Crippen molar-refractivity contribution < 1.29 is 4.79 Å². The molecule has 0 spiro atoms. The summed E-state index contributed by atoms with van der Waals surface area (Å²) >= 11 is 0. The molecule has 5 heteroatoms. The van der Waals surface area contributed by atoms with Gasteiger partial charge in [0.25, 0.3) is 5.91 Å². The number of halogens is 1. The van der Waals surface area contributed by atoms with Gasteiger partial charge in [-0.2, -0.15) is 0 Å². The summed E-state index contributed by atoms with van der Waals surface area (Å²) in [5, 5.41) is 0. The highest BCUT2D eigenvalue weighted by Gasteiger charge is 2.47. The molecule has 0 saturated carbocycles. The lowest BCUT2D eigenvalue weighted by Gasteiger charge is -2.27. The molecule has 2 aromatic rings. The van der Waals surface area contributed by atoms with Crippen LogP contribution in [0.2, 0.25) is 0 Å². The molecule has 4 nitrogen and oxygen atoms in total. The van der Waals surface area contributed by atoms with Crippen LogP contribution in [0.4, 0.5) is 0 Å². The summed E-state index contributed by atoms with van der Waals surface area (Å²) in [6.45, 7) is 2.81. The normalized spacial score (nSPS) is 26.2. The van der Waals surface area contributed by atoms with E-state index in [-0.39, 0.29) is 18.3 Å². The van der Waals surface area contributed by atoms with Crippen LogP contribution in [0.15, 0.2) is 48.7 Å². The van der Waals surface area contributed by atoms with Crippen molar-refractivity contribution in [3.05, 3.63) is 59.9 Å². The molecule has 2 saturated heterocycles. The molecule has 0 unspecified atom stereocenters. The summed E-state index contributed by atoms with van der Waals surface area (Å²) in [5.41, 5.74) is 2.16. The monoisotopic (exact) mass is 345 g/mol. The van der Waals surface area contributed by atoms with Gasteiger partial charge in [0.2, 0.25) is 0 Å². The van der Waals surface area contributed by atoms with E-state index in [1.165, 1.54) is 5.56 Å². The van der Waals surface area contributed by atoms with Crippen molar-refractivity contribution in [2.45, 2.75) is 6.04 Å². The summed E-state index contributed by atoms with van der Waals surface area (Å²) in [6.07, 6.45) is 1.94. The minimum Gasteiger partial charge on any atom is -0.347 e. The lowest BCUT2D eigenvalue weighted by atomic mass is 9.90. The number of aromatic nitrogens is 1. The maximum absolute atomic E-state index is 12.8. The number of hydrogen-bond donors (Lipinski definition) is 0. The largest absolute Gasteiger partial charge is 0.347 e. The fraction of sp³-hybridized carbons (Fsp3) is 0.421. The summed E-state index contributed by atoms with van der Waals surface area (Å²) in [4.78, 5) is 17.3. The van der Waals surface area contributed by atoms with Crippen molar-refractivity contribution in [3.8, 4) is 0 Å². The van der Waals surface area contributed by atoms with Gasteiger partial charge in [0.05, 0.1) is 0 Å². The average molecular weight is 346 g/mol. The van der Waals surface area contributed by atoms with Gasteiger partial charge in [0.15, 0.2) is 0 Å². The van der Waals surface area contributed by atoms with Crippen LogP contribution >= 0.6 is 12.4 Å². The molecule has 1 aromatic heterocycles. The van der Waals surface area contributed by atoms with E-state index < -0.39 is 0 Å².